The fourth-order valence-electron chi connectivity index (χ4n) is 0.780. The van der Waals surface area contributed by atoms with Gasteiger partial charge in [-0.25, -0.2) is 0 Å². The molecule has 0 amide bonds. The van der Waals surface area contributed by atoms with Crippen LogP contribution >= 0.6 is 0 Å². The highest BCUT2D eigenvalue weighted by Crippen LogP contribution is 2.16. The lowest BCUT2D eigenvalue weighted by Gasteiger charge is -2.15. The molecule has 0 spiro atoms. The van der Waals surface area contributed by atoms with Gasteiger partial charge in [0.2, 0.25) is 0 Å². The summed E-state index contributed by atoms with van der Waals surface area (Å²) in [6, 6.07) is 0. The van der Waals surface area contributed by atoms with E-state index in [0.717, 1.165) is 0 Å². The Hall–Kier alpha value is -0.210. The van der Waals surface area contributed by atoms with Crippen molar-refractivity contribution in [2.45, 2.75) is 13.3 Å². The molecule has 0 N–H and O–H groups in total. The second-order valence-corrected chi connectivity index (χ2v) is 2.52. The second kappa shape index (κ2) is 5.57. The fourth-order valence-corrected chi connectivity index (χ4v) is 0.780. The van der Waals surface area contributed by atoms with Crippen molar-refractivity contribution in [3.63, 3.8) is 0 Å². The maximum Gasteiger partial charge on any atom is 0.0927 e. The SMILES string of the molecule is CC(CF)C(CF)CCF. The minimum Gasteiger partial charge on any atom is -0.251 e. The first kappa shape index (κ1) is 9.79. The van der Waals surface area contributed by atoms with E-state index in [-0.39, 0.29) is 12.3 Å². The van der Waals surface area contributed by atoms with Crippen LogP contribution in [0.3, 0.4) is 0 Å². The number of hydrogen-bond acceptors (Lipinski definition) is 0. The first-order valence-electron chi connectivity index (χ1n) is 3.44. The number of rotatable bonds is 5. The smallest absolute Gasteiger partial charge is 0.0927 e. The molecule has 0 aliphatic carbocycles. The van der Waals surface area contributed by atoms with Crippen molar-refractivity contribution in [1.82, 2.24) is 0 Å². The normalized spacial score (nSPS) is 16.8. The molecule has 0 nitrogen and oxygen atoms in total. The topological polar surface area (TPSA) is 0 Å². The van der Waals surface area contributed by atoms with Gasteiger partial charge in [-0.15, -0.1) is 0 Å². The Bertz CT molecular complexity index is 75.3. The number of halogens is 3. The molecule has 0 fully saturated rings. The Morgan fingerprint density at radius 2 is 1.70 bits per heavy atom. The Labute approximate surface area is 59.4 Å². The van der Waals surface area contributed by atoms with Gasteiger partial charge >= 0.3 is 0 Å². The Kier molecular flexibility index (Phi) is 5.45. The number of alkyl halides is 3. The summed E-state index contributed by atoms with van der Waals surface area (Å²) in [7, 11) is 0. The molecule has 62 valence electrons. The van der Waals surface area contributed by atoms with Crippen molar-refractivity contribution < 1.29 is 13.2 Å². The van der Waals surface area contributed by atoms with Crippen LogP contribution in [0.1, 0.15) is 13.3 Å². The van der Waals surface area contributed by atoms with Gasteiger partial charge in [0, 0.05) is 0 Å². The molecule has 0 aliphatic rings. The van der Waals surface area contributed by atoms with Gasteiger partial charge in [0.25, 0.3) is 0 Å². The molecule has 0 aliphatic heterocycles. The third kappa shape index (κ3) is 3.08. The lowest BCUT2D eigenvalue weighted by atomic mass is 9.94. The van der Waals surface area contributed by atoms with Crippen LogP contribution in [-0.2, 0) is 0 Å². The predicted molar refractivity (Wildman–Crippen MR) is 35.2 cm³/mol. The summed E-state index contributed by atoms with van der Waals surface area (Å²) in [5, 5.41) is 0. The average Bonchev–Trinajstić information content (AvgIpc) is 1.99. The van der Waals surface area contributed by atoms with Crippen LogP contribution in [0.5, 0.6) is 0 Å². The van der Waals surface area contributed by atoms with Gasteiger partial charge in [-0.3, -0.25) is 13.2 Å². The summed E-state index contributed by atoms with van der Waals surface area (Å²) in [6.45, 7) is -0.136. The lowest BCUT2D eigenvalue weighted by Crippen LogP contribution is -2.16. The highest BCUT2D eigenvalue weighted by atomic mass is 19.1. The molecule has 0 saturated carbocycles. The van der Waals surface area contributed by atoms with Gasteiger partial charge in [0.1, 0.15) is 0 Å². The van der Waals surface area contributed by atoms with E-state index in [2.05, 4.69) is 0 Å². The van der Waals surface area contributed by atoms with Crippen LogP contribution < -0.4 is 0 Å². The standard InChI is InChI=1S/C7H13F3/c1-6(4-9)7(5-10)2-3-8/h6-7H,2-5H2,1H3. The quantitative estimate of drug-likeness (QED) is 0.570. The van der Waals surface area contributed by atoms with E-state index in [4.69, 9.17) is 0 Å². The molecule has 0 saturated heterocycles. The molecule has 0 rings (SSSR count). The minimum atomic E-state index is -0.616. The second-order valence-electron chi connectivity index (χ2n) is 2.52. The van der Waals surface area contributed by atoms with E-state index >= 15 is 0 Å². The van der Waals surface area contributed by atoms with Gasteiger partial charge in [0.05, 0.1) is 20.0 Å². The van der Waals surface area contributed by atoms with Crippen molar-refractivity contribution in [2.24, 2.45) is 11.8 Å². The van der Waals surface area contributed by atoms with E-state index in [0.29, 0.717) is 0 Å². The molecule has 0 aromatic rings. The molecule has 0 heterocycles. The van der Waals surface area contributed by atoms with Crippen LogP contribution in [0.15, 0.2) is 0 Å². The van der Waals surface area contributed by atoms with Gasteiger partial charge in [-0.05, 0) is 18.3 Å². The maximum absolute atomic E-state index is 11.9. The van der Waals surface area contributed by atoms with Crippen LogP contribution in [0.4, 0.5) is 13.2 Å². The van der Waals surface area contributed by atoms with Crippen LogP contribution in [0, 0.1) is 11.8 Å². The molecule has 0 radical (unpaired) electrons. The zero-order valence-electron chi connectivity index (χ0n) is 6.12. The molecular formula is C7H13F3. The number of hydrogen-bond donors (Lipinski definition) is 0. The van der Waals surface area contributed by atoms with Crippen molar-refractivity contribution >= 4 is 0 Å². The largest absolute Gasteiger partial charge is 0.251 e. The van der Waals surface area contributed by atoms with Crippen molar-refractivity contribution in [2.75, 3.05) is 20.0 Å². The summed E-state index contributed by atoms with van der Waals surface area (Å²) in [5.41, 5.74) is 0. The molecule has 3 heteroatoms. The molecule has 0 aromatic carbocycles. The van der Waals surface area contributed by atoms with Gasteiger partial charge < -0.3 is 0 Å². The minimum absolute atomic E-state index is 0.140. The van der Waals surface area contributed by atoms with E-state index < -0.39 is 25.9 Å². The summed E-state index contributed by atoms with van der Waals surface area (Å²) in [4.78, 5) is 0. The van der Waals surface area contributed by atoms with Crippen LogP contribution in [-0.4, -0.2) is 20.0 Å². The Morgan fingerprint density at radius 3 is 2.00 bits per heavy atom. The van der Waals surface area contributed by atoms with Crippen molar-refractivity contribution in [3.8, 4) is 0 Å². The lowest BCUT2D eigenvalue weighted by molar-refractivity contribution is 0.206. The zero-order valence-corrected chi connectivity index (χ0v) is 6.12. The van der Waals surface area contributed by atoms with Gasteiger partial charge in [0.15, 0.2) is 0 Å². The predicted octanol–water partition coefficient (Wildman–Crippen LogP) is 2.54. The van der Waals surface area contributed by atoms with Gasteiger partial charge in [-0.1, -0.05) is 6.92 Å². The average molecular weight is 154 g/mol. The molecule has 0 aromatic heterocycles. The molecule has 2 atom stereocenters. The summed E-state index contributed by atoms with van der Waals surface area (Å²) >= 11 is 0. The van der Waals surface area contributed by atoms with Crippen molar-refractivity contribution in [1.29, 1.82) is 0 Å². The molecular weight excluding hydrogens is 141 g/mol. The first-order chi connectivity index (χ1) is 4.76. The third-order valence-electron chi connectivity index (χ3n) is 1.73. The highest BCUT2D eigenvalue weighted by molar-refractivity contribution is 4.64. The van der Waals surface area contributed by atoms with E-state index in [1.807, 2.05) is 0 Å². The first-order valence-corrected chi connectivity index (χ1v) is 3.44. The summed E-state index contributed by atoms with van der Waals surface area (Å²) in [5.74, 6) is -0.782. The van der Waals surface area contributed by atoms with Crippen molar-refractivity contribution in [3.05, 3.63) is 0 Å². The zero-order chi connectivity index (χ0) is 7.98. The monoisotopic (exact) mass is 154 g/mol. The summed E-state index contributed by atoms with van der Waals surface area (Å²) in [6.07, 6.45) is 0.140. The molecule has 2 unspecified atom stereocenters. The third-order valence-corrected chi connectivity index (χ3v) is 1.73. The highest BCUT2D eigenvalue weighted by Gasteiger charge is 2.16. The van der Waals surface area contributed by atoms with Crippen LogP contribution in [0.2, 0.25) is 0 Å². The maximum atomic E-state index is 11.9. The molecule has 10 heavy (non-hydrogen) atoms. The Morgan fingerprint density at radius 1 is 1.10 bits per heavy atom. The molecule has 0 bridgehead atoms. The van der Waals surface area contributed by atoms with E-state index in [1.165, 1.54) is 0 Å². The van der Waals surface area contributed by atoms with E-state index in [1.54, 1.807) is 6.92 Å². The Balaban J connectivity index is 3.56. The van der Waals surface area contributed by atoms with Crippen LogP contribution in [0.25, 0.3) is 0 Å². The fraction of sp³-hybridized carbons (Fsp3) is 1.00. The van der Waals surface area contributed by atoms with E-state index in [9.17, 15) is 13.2 Å². The summed E-state index contributed by atoms with van der Waals surface area (Å²) < 4.78 is 35.4. The van der Waals surface area contributed by atoms with Gasteiger partial charge in [-0.2, -0.15) is 0 Å².